The standard InChI is InChI=1S/C19H14FN5O2/c20-11-3-4-12-14(8-11)16-13(5-6-22-19(16)26)18-17(12)24-15(27-18)2-1-7-25-10-21-9-23-25/h3-6,8-10H,1-2,7H2,(H,22,26). The molecule has 0 saturated heterocycles. The molecule has 5 aromatic rings. The number of fused-ring (bicyclic) bond motifs is 6. The number of aryl methyl sites for hydroxylation is 2. The smallest absolute Gasteiger partial charge is 0.256 e. The van der Waals surface area contributed by atoms with Crippen molar-refractivity contribution in [3.8, 4) is 0 Å². The van der Waals surface area contributed by atoms with Gasteiger partial charge in [0.2, 0.25) is 0 Å². The van der Waals surface area contributed by atoms with Crippen molar-refractivity contribution in [3.05, 3.63) is 65.2 Å². The zero-order chi connectivity index (χ0) is 18.4. The zero-order valence-electron chi connectivity index (χ0n) is 14.1. The number of nitrogens with zero attached hydrogens (tertiary/aromatic N) is 4. The van der Waals surface area contributed by atoms with Gasteiger partial charge >= 0.3 is 0 Å². The van der Waals surface area contributed by atoms with Gasteiger partial charge in [-0.25, -0.2) is 14.4 Å². The average Bonchev–Trinajstić information content (AvgIpc) is 3.31. The van der Waals surface area contributed by atoms with Gasteiger partial charge in [-0.15, -0.1) is 0 Å². The van der Waals surface area contributed by atoms with E-state index in [2.05, 4.69) is 20.1 Å². The largest absolute Gasteiger partial charge is 0.440 e. The van der Waals surface area contributed by atoms with Crippen LogP contribution in [0, 0.1) is 5.82 Å². The summed E-state index contributed by atoms with van der Waals surface area (Å²) in [6, 6.07) is 6.13. The molecule has 1 N–H and O–H groups in total. The second-order valence-corrected chi connectivity index (χ2v) is 6.33. The summed E-state index contributed by atoms with van der Waals surface area (Å²) >= 11 is 0. The van der Waals surface area contributed by atoms with Crippen LogP contribution in [0.25, 0.3) is 32.6 Å². The number of rotatable bonds is 4. The van der Waals surface area contributed by atoms with Gasteiger partial charge < -0.3 is 9.40 Å². The van der Waals surface area contributed by atoms with E-state index < -0.39 is 5.82 Å². The van der Waals surface area contributed by atoms with E-state index in [-0.39, 0.29) is 5.56 Å². The number of benzene rings is 2. The first-order chi connectivity index (χ1) is 13.2. The SMILES string of the molecule is O=c1[nH]ccc2c3oc(CCCn4cncn4)nc3c3ccc(F)cc3c12. The Labute approximate surface area is 151 Å². The molecule has 0 aliphatic carbocycles. The van der Waals surface area contributed by atoms with Crippen LogP contribution in [0.5, 0.6) is 0 Å². The Hall–Kier alpha value is -3.55. The van der Waals surface area contributed by atoms with Crippen molar-refractivity contribution in [3.63, 3.8) is 0 Å². The van der Waals surface area contributed by atoms with E-state index in [0.717, 1.165) is 6.42 Å². The van der Waals surface area contributed by atoms with E-state index in [1.54, 1.807) is 29.3 Å². The highest BCUT2D eigenvalue weighted by atomic mass is 19.1. The molecule has 0 amide bonds. The third-order valence-electron chi connectivity index (χ3n) is 4.63. The van der Waals surface area contributed by atoms with Crippen LogP contribution in [0.2, 0.25) is 0 Å². The highest BCUT2D eigenvalue weighted by Crippen LogP contribution is 2.34. The van der Waals surface area contributed by atoms with Gasteiger partial charge in [0.15, 0.2) is 11.5 Å². The Bertz CT molecular complexity index is 1340. The molecular formula is C19H14FN5O2. The first-order valence-electron chi connectivity index (χ1n) is 8.55. The maximum absolute atomic E-state index is 13.8. The second-order valence-electron chi connectivity index (χ2n) is 6.33. The number of H-pyrrole nitrogens is 1. The van der Waals surface area contributed by atoms with E-state index in [0.29, 0.717) is 51.5 Å². The second kappa shape index (κ2) is 6.01. The molecule has 27 heavy (non-hydrogen) atoms. The molecule has 0 aliphatic rings. The Balaban J connectivity index is 1.67. The number of hydrogen-bond donors (Lipinski definition) is 1. The Morgan fingerprint density at radius 3 is 2.96 bits per heavy atom. The van der Waals surface area contributed by atoms with E-state index in [4.69, 9.17) is 4.42 Å². The molecule has 3 heterocycles. The van der Waals surface area contributed by atoms with E-state index >= 15 is 0 Å². The molecule has 134 valence electrons. The molecule has 7 nitrogen and oxygen atoms in total. The molecule has 2 aromatic carbocycles. The van der Waals surface area contributed by atoms with Crippen LogP contribution in [-0.4, -0.2) is 24.7 Å². The molecule has 8 heteroatoms. The highest BCUT2D eigenvalue weighted by molar-refractivity contribution is 6.22. The summed E-state index contributed by atoms with van der Waals surface area (Å²) in [6.45, 7) is 0.700. The third-order valence-corrected chi connectivity index (χ3v) is 4.63. The van der Waals surface area contributed by atoms with Crippen molar-refractivity contribution in [2.24, 2.45) is 0 Å². The minimum Gasteiger partial charge on any atom is -0.440 e. The van der Waals surface area contributed by atoms with Crippen LogP contribution < -0.4 is 5.56 Å². The first-order valence-corrected chi connectivity index (χ1v) is 8.55. The number of aromatic nitrogens is 5. The quantitative estimate of drug-likeness (QED) is 0.495. The lowest BCUT2D eigenvalue weighted by molar-refractivity contribution is 0.493. The molecule has 0 atom stereocenters. The van der Waals surface area contributed by atoms with Gasteiger partial charge in [-0.3, -0.25) is 9.48 Å². The highest BCUT2D eigenvalue weighted by Gasteiger charge is 2.17. The Morgan fingerprint density at radius 2 is 2.11 bits per heavy atom. The van der Waals surface area contributed by atoms with Crippen molar-refractivity contribution in [2.45, 2.75) is 19.4 Å². The maximum atomic E-state index is 13.8. The summed E-state index contributed by atoms with van der Waals surface area (Å²) in [5, 5.41) is 6.33. The van der Waals surface area contributed by atoms with Crippen LogP contribution in [0.3, 0.4) is 0 Å². The molecule has 0 unspecified atom stereocenters. The fraction of sp³-hybridized carbons (Fsp3) is 0.158. The molecule has 3 aromatic heterocycles. The van der Waals surface area contributed by atoms with Crippen LogP contribution in [0.1, 0.15) is 12.3 Å². The lowest BCUT2D eigenvalue weighted by Crippen LogP contribution is -2.05. The van der Waals surface area contributed by atoms with Crippen molar-refractivity contribution in [1.29, 1.82) is 0 Å². The number of nitrogens with one attached hydrogen (secondary N) is 1. The summed E-state index contributed by atoms with van der Waals surface area (Å²) in [5.74, 6) is 0.173. The molecule has 0 fully saturated rings. The van der Waals surface area contributed by atoms with Gasteiger partial charge in [0.25, 0.3) is 5.56 Å². The zero-order valence-corrected chi connectivity index (χ0v) is 14.1. The van der Waals surface area contributed by atoms with Crippen LogP contribution >= 0.6 is 0 Å². The number of pyridine rings is 1. The molecule has 0 bridgehead atoms. The fourth-order valence-electron chi connectivity index (χ4n) is 3.44. The van der Waals surface area contributed by atoms with Crippen molar-refractivity contribution >= 4 is 32.6 Å². The lowest BCUT2D eigenvalue weighted by atomic mass is 10.0. The minimum atomic E-state index is -0.400. The molecule has 0 radical (unpaired) electrons. The summed E-state index contributed by atoms with van der Waals surface area (Å²) in [4.78, 5) is 23.6. The third kappa shape index (κ3) is 2.57. The molecular weight excluding hydrogens is 349 g/mol. The van der Waals surface area contributed by atoms with Crippen molar-refractivity contribution in [1.82, 2.24) is 24.7 Å². The Morgan fingerprint density at radius 1 is 1.19 bits per heavy atom. The number of aromatic amines is 1. The van der Waals surface area contributed by atoms with Gasteiger partial charge in [-0.05, 0) is 30.7 Å². The van der Waals surface area contributed by atoms with Gasteiger partial charge in [0, 0.05) is 35.3 Å². The average molecular weight is 363 g/mol. The Kier molecular flexibility index (Phi) is 3.49. The summed E-state index contributed by atoms with van der Waals surface area (Å²) in [7, 11) is 0. The molecule has 0 aliphatic heterocycles. The normalized spacial score (nSPS) is 11.7. The monoisotopic (exact) mass is 363 g/mol. The van der Waals surface area contributed by atoms with Crippen molar-refractivity contribution in [2.75, 3.05) is 0 Å². The molecule has 0 spiro atoms. The fourth-order valence-corrected chi connectivity index (χ4v) is 3.44. The molecule has 5 rings (SSSR count). The van der Waals surface area contributed by atoms with Gasteiger partial charge in [0.05, 0.1) is 5.39 Å². The number of hydrogen-bond acceptors (Lipinski definition) is 5. The first kappa shape index (κ1) is 15.7. The van der Waals surface area contributed by atoms with Crippen LogP contribution in [0.15, 0.2) is 52.3 Å². The topological polar surface area (TPSA) is 89.6 Å². The van der Waals surface area contributed by atoms with E-state index in [9.17, 15) is 9.18 Å². The summed E-state index contributed by atoms with van der Waals surface area (Å²) in [6.07, 6.45) is 6.10. The van der Waals surface area contributed by atoms with Gasteiger partial charge in [0.1, 0.15) is 24.0 Å². The predicted molar refractivity (Wildman–Crippen MR) is 97.9 cm³/mol. The lowest BCUT2D eigenvalue weighted by Gasteiger charge is -2.04. The predicted octanol–water partition coefficient (Wildman–Crippen LogP) is 3.19. The van der Waals surface area contributed by atoms with Gasteiger partial charge in [-0.2, -0.15) is 5.10 Å². The summed E-state index contributed by atoms with van der Waals surface area (Å²) in [5.41, 5.74) is 0.902. The van der Waals surface area contributed by atoms with Crippen LogP contribution in [-0.2, 0) is 13.0 Å². The number of oxazole rings is 1. The van der Waals surface area contributed by atoms with Gasteiger partial charge in [-0.1, -0.05) is 0 Å². The van der Waals surface area contributed by atoms with E-state index in [1.165, 1.54) is 18.5 Å². The maximum Gasteiger partial charge on any atom is 0.256 e. The number of halogens is 1. The summed E-state index contributed by atoms with van der Waals surface area (Å²) < 4.78 is 21.6. The van der Waals surface area contributed by atoms with Crippen molar-refractivity contribution < 1.29 is 8.81 Å². The molecule has 0 saturated carbocycles. The van der Waals surface area contributed by atoms with E-state index in [1.807, 2.05) is 0 Å². The van der Waals surface area contributed by atoms with Crippen LogP contribution in [0.4, 0.5) is 4.39 Å². The minimum absolute atomic E-state index is 0.283.